The molecule has 74 valence electrons. The average molecular weight is 194 g/mol. The second kappa shape index (κ2) is 2.97. The van der Waals surface area contributed by atoms with Gasteiger partial charge in [0.2, 0.25) is 5.76 Å². The fourth-order valence-electron chi connectivity index (χ4n) is 1.88. The number of carbonyl (C=O) groups is 2. The van der Waals surface area contributed by atoms with Gasteiger partial charge >= 0.3 is 5.97 Å². The topological polar surface area (TPSA) is 67.5 Å². The zero-order chi connectivity index (χ0) is 10.3. The molecule has 1 N–H and O–H groups in total. The van der Waals surface area contributed by atoms with Crippen LogP contribution in [0.2, 0.25) is 0 Å². The molecule has 0 amide bonds. The van der Waals surface area contributed by atoms with Crippen molar-refractivity contribution in [3.8, 4) is 0 Å². The van der Waals surface area contributed by atoms with E-state index in [9.17, 15) is 9.59 Å². The third-order valence-electron chi connectivity index (χ3n) is 2.49. The highest BCUT2D eigenvalue weighted by Gasteiger charge is 2.31. The van der Waals surface area contributed by atoms with Crippen molar-refractivity contribution in [1.82, 2.24) is 0 Å². The van der Waals surface area contributed by atoms with Crippen LogP contribution in [0.3, 0.4) is 0 Å². The number of carbonyl (C=O) groups excluding carboxylic acids is 1. The van der Waals surface area contributed by atoms with E-state index in [1.807, 2.05) is 6.92 Å². The Morgan fingerprint density at radius 1 is 1.50 bits per heavy atom. The standard InChI is InChI=1S/C10H10O4/c1-2-5-8-6(11)3-4-7(8)14-9(5)10(12)13/h2-4H2,1H3,(H,12,13). The van der Waals surface area contributed by atoms with Crippen LogP contribution < -0.4 is 0 Å². The van der Waals surface area contributed by atoms with Gasteiger partial charge in [0.05, 0.1) is 5.56 Å². The average Bonchev–Trinajstić information content (AvgIpc) is 2.66. The third kappa shape index (κ3) is 1.07. The summed E-state index contributed by atoms with van der Waals surface area (Å²) in [5.41, 5.74) is 1.07. The summed E-state index contributed by atoms with van der Waals surface area (Å²) in [5, 5.41) is 8.84. The van der Waals surface area contributed by atoms with Gasteiger partial charge in [-0.2, -0.15) is 0 Å². The molecular formula is C10H10O4. The fraction of sp³-hybridized carbons (Fsp3) is 0.400. The first-order chi connectivity index (χ1) is 6.65. The Bertz CT molecular complexity index is 414. The number of hydrogen-bond donors (Lipinski definition) is 1. The molecule has 14 heavy (non-hydrogen) atoms. The van der Waals surface area contributed by atoms with Gasteiger partial charge in [0.1, 0.15) is 5.76 Å². The maximum Gasteiger partial charge on any atom is 0.372 e. The first-order valence-corrected chi connectivity index (χ1v) is 4.56. The van der Waals surface area contributed by atoms with Crippen LogP contribution in [0.4, 0.5) is 0 Å². The molecule has 0 radical (unpaired) electrons. The first-order valence-electron chi connectivity index (χ1n) is 4.56. The van der Waals surface area contributed by atoms with Crippen molar-refractivity contribution in [2.75, 3.05) is 0 Å². The van der Waals surface area contributed by atoms with Crippen molar-refractivity contribution >= 4 is 11.8 Å². The van der Waals surface area contributed by atoms with E-state index in [-0.39, 0.29) is 11.5 Å². The van der Waals surface area contributed by atoms with E-state index in [0.29, 0.717) is 36.1 Å². The van der Waals surface area contributed by atoms with Gasteiger partial charge in [0.15, 0.2) is 5.78 Å². The summed E-state index contributed by atoms with van der Waals surface area (Å²) in [5.74, 6) is -0.605. The molecule has 1 aromatic heterocycles. The number of carboxylic acids is 1. The van der Waals surface area contributed by atoms with E-state index in [1.165, 1.54) is 0 Å². The normalized spacial score (nSPS) is 14.5. The minimum atomic E-state index is -1.09. The van der Waals surface area contributed by atoms with Crippen LogP contribution in [-0.2, 0) is 12.8 Å². The van der Waals surface area contributed by atoms with E-state index < -0.39 is 5.97 Å². The molecule has 4 nitrogen and oxygen atoms in total. The molecule has 1 aliphatic rings. The number of Topliss-reactive ketones (excluding diaryl/α,β-unsaturated/α-hetero) is 1. The van der Waals surface area contributed by atoms with Gasteiger partial charge in [0.25, 0.3) is 0 Å². The smallest absolute Gasteiger partial charge is 0.372 e. The number of furan rings is 1. The SMILES string of the molecule is CCc1c(C(=O)O)oc2c1C(=O)CC2. The second-order valence-corrected chi connectivity index (χ2v) is 3.29. The predicted octanol–water partition coefficient (Wildman–Crippen LogP) is 1.67. The number of rotatable bonds is 2. The maximum atomic E-state index is 11.4. The molecule has 1 heterocycles. The Morgan fingerprint density at radius 2 is 2.21 bits per heavy atom. The lowest BCUT2D eigenvalue weighted by molar-refractivity contribution is 0.0659. The number of carboxylic acid groups (broad SMARTS) is 1. The van der Waals surface area contributed by atoms with Gasteiger partial charge in [-0.15, -0.1) is 0 Å². The summed E-state index contributed by atoms with van der Waals surface area (Å²) in [6.07, 6.45) is 1.50. The van der Waals surface area contributed by atoms with E-state index in [4.69, 9.17) is 9.52 Å². The number of fused-ring (bicyclic) bond motifs is 1. The van der Waals surface area contributed by atoms with Crippen LogP contribution in [0.1, 0.15) is 45.6 Å². The van der Waals surface area contributed by atoms with Crippen molar-refractivity contribution in [2.24, 2.45) is 0 Å². The Kier molecular flexibility index (Phi) is 1.91. The van der Waals surface area contributed by atoms with E-state index >= 15 is 0 Å². The Hall–Kier alpha value is -1.58. The van der Waals surface area contributed by atoms with E-state index in [0.717, 1.165) is 0 Å². The van der Waals surface area contributed by atoms with Gasteiger partial charge in [-0.05, 0) is 6.42 Å². The van der Waals surface area contributed by atoms with Gasteiger partial charge in [-0.3, -0.25) is 4.79 Å². The molecule has 0 unspecified atom stereocenters. The van der Waals surface area contributed by atoms with Crippen LogP contribution in [0.25, 0.3) is 0 Å². The summed E-state index contributed by atoms with van der Waals surface area (Å²) in [7, 11) is 0. The van der Waals surface area contributed by atoms with Crippen molar-refractivity contribution in [1.29, 1.82) is 0 Å². The first kappa shape index (κ1) is 8.99. The molecule has 2 rings (SSSR count). The summed E-state index contributed by atoms with van der Waals surface area (Å²) in [6, 6.07) is 0. The third-order valence-corrected chi connectivity index (χ3v) is 2.49. The molecule has 0 aliphatic heterocycles. The molecule has 0 spiro atoms. The lowest BCUT2D eigenvalue weighted by atomic mass is 10.1. The molecule has 0 atom stereocenters. The van der Waals surface area contributed by atoms with Crippen LogP contribution in [-0.4, -0.2) is 16.9 Å². The highest BCUT2D eigenvalue weighted by atomic mass is 16.4. The number of ketones is 1. The van der Waals surface area contributed by atoms with Crippen LogP contribution in [0.15, 0.2) is 4.42 Å². The molecule has 0 saturated carbocycles. The van der Waals surface area contributed by atoms with E-state index in [2.05, 4.69) is 0 Å². The maximum absolute atomic E-state index is 11.4. The summed E-state index contributed by atoms with van der Waals surface area (Å²) in [4.78, 5) is 22.2. The molecule has 0 saturated heterocycles. The van der Waals surface area contributed by atoms with E-state index in [1.54, 1.807) is 0 Å². The number of aryl methyl sites for hydroxylation is 1. The quantitative estimate of drug-likeness (QED) is 0.777. The minimum Gasteiger partial charge on any atom is -0.475 e. The molecule has 0 fully saturated rings. The Labute approximate surface area is 80.5 Å². The Morgan fingerprint density at radius 3 is 2.79 bits per heavy atom. The largest absolute Gasteiger partial charge is 0.475 e. The van der Waals surface area contributed by atoms with Gasteiger partial charge in [-0.1, -0.05) is 6.92 Å². The minimum absolute atomic E-state index is 0.00750. The molecule has 1 aliphatic carbocycles. The zero-order valence-electron chi connectivity index (χ0n) is 7.79. The molecule has 1 aromatic rings. The van der Waals surface area contributed by atoms with Crippen molar-refractivity contribution in [3.63, 3.8) is 0 Å². The van der Waals surface area contributed by atoms with Gasteiger partial charge < -0.3 is 9.52 Å². The summed E-state index contributed by atoms with van der Waals surface area (Å²) >= 11 is 0. The zero-order valence-corrected chi connectivity index (χ0v) is 7.79. The molecule has 0 bridgehead atoms. The molecular weight excluding hydrogens is 184 g/mol. The van der Waals surface area contributed by atoms with Crippen molar-refractivity contribution in [3.05, 3.63) is 22.6 Å². The Balaban J connectivity index is 2.62. The second-order valence-electron chi connectivity index (χ2n) is 3.29. The predicted molar refractivity (Wildman–Crippen MR) is 47.7 cm³/mol. The number of aromatic carboxylic acids is 1. The molecule has 0 aromatic carbocycles. The van der Waals surface area contributed by atoms with Crippen molar-refractivity contribution < 1.29 is 19.1 Å². The lowest BCUT2D eigenvalue weighted by Crippen LogP contribution is -2.02. The highest BCUT2D eigenvalue weighted by molar-refractivity contribution is 6.03. The summed E-state index contributed by atoms with van der Waals surface area (Å²) < 4.78 is 5.16. The highest BCUT2D eigenvalue weighted by Crippen LogP contribution is 2.31. The van der Waals surface area contributed by atoms with Gasteiger partial charge in [0, 0.05) is 18.4 Å². The summed E-state index contributed by atoms with van der Waals surface area (Å²) in [6.45, 7) is 1.82. The van der Waals surface area contributed by atoms with Crippen LogP contribution >= 0.6 is 0 Å². The monoisotopic (exact) mass is 194 g/mol. The lowest BCUT2D eigenvalue weighted by Gasteiger charge is -1.95. The van der Waals surface area contributed by atoms with Crippen LogP contribution in [0, 0.1) is 0 Å². The fourth-order valence-corrected chi connectivity index (χ4v) is 1.88. The van der Waals surface area contributed by atoms with Crippen molar-refractivity contribution in [2.45, 2.75) is 26.2 Å². The number of hydrogen-bond acceptors (Lipinski definition) is 3. The van der Waals surface area contributed by atoms with Gasteiger partial charge in [-0.25, -0.2) is 4.79 Å². The van der Waals surface area contributed by atoms with Crippen LogP contribution in [0.5, 0.6) is 0 Å². The molecule has 4 heteroatoms.